The molecule has 0 saturated carbocycles. The first-order chi connectivity index (χ1) is 7.86. The van der Waals surface area contributed by atoms with Crippen LogP contribution in [-0.4, -0.2) is 13.5 Å². The first-order valence-corrected chi connectivity index (χ1v) is 6.40. The summed E-state index contributed by atoms with van der Waals surface area (Å²) in [5.41, 5.74) is 7.12. The van der Waals surface area contributed by atoms with Gasteiger partial charge in [-0.25, -0.2) is 8.42 Å². The fourth-order valence-corrected chi connectivity index (χ4v) is 2.38. The number of rotatable bonds is 3. The third kappa shape index (κ3) is 3.54. The van der Waals surface area contributed by atoms with Crippen molar-refractivity contribution in [1.29, 1.82) is 5.26 Å². The number of nitriles is 1. The van der Waals surface area contributed by atoms with Crippen molar-refractivity contribution in [2.75, 3.05) is 0 Å². The number of hydrazine groups is 1. The molecule has 0 unspecified atom stereocenters. The van der Waals surface area contributed by atoms with E-state index in [-0.39, 0.29) is 20.6 Å². The van der Waals surface area contributed by atoms with Gasteiger partial charge in [0, 0.05) is 5.02 Å². The van der Waals surface area contributed by atoms with Gasteiger partial charge in [-0.3, -0.25) is 5.43 Å². The Labute approximate surface area is 108 Å². The third-order valence-electron chi connectivity index (χ3n) is 1.66. The van der Waals surface area contributed by atoms with Crippen LogP contribution in [0.25, 0.3) is 0 Å². The normalized spacial score (nSPS) is 10.6. The fraction of sp³-hybridized carbons (Fsp3) is 0. The highest BCUT2D eigenvalue weighted by Crippen LogP contribution is 2.19. The predicted octanol–water partition coefficient (Wildman–Crippen LogP) is 0.238. The van der Waals surface area contributed by atoms with Gasteiger partial charge in [0.25, 0.3) is 10.0 Å². The van der Waals surface area contributed by atoms with Crippen LogP contribution in [0.2, 0.25) is 5.02 Å². The highest BCUT2D eigenvalue weighted by atomic mass is 35.5. The molecule has 9 heteroatoms. The highest BCUT2D eigenvalue weighted by molar-refractivity contribution is 7.89. The molecule has 0 fully saturated rings. The van der Waals surface area contributed by atoms with E-state index in [1.807, 2.05) is 4.83 Å². The van der Waals surface area contributed by atoms with Crippen LogP contribution >= 0.6 is 23.8 Å². The molecule has 1 aromatic rings. The van der Waals surface area contributed by atoms with Crippen LogP contribution in [0.3, 0.4) is 0 Å². The molecule has 0 heterocycles. The molecule has 0 radical (unpaired) electrons. The van der Waals surface area contributed by atoms with Gasteiger partial charge in [-0.15, -0.1) is 4.83 Å². The maximum Gasteiger partial charge on any atom is 0.258 e. The third-order valence-corrected chi connectivity index (χ3v) is 3.29. The molecule has 90 valence electrons. The highest BCUT2D eigenvalue weighted by Gasteiger charge is 2.19. The summed E-state index contributed by atoms with van der Waals surface area (Å²) in [5.74, 6) is 0. The zero-order chi connectivity index (χ0) is 13.1. The Bertz CT molecular complexity index is 594. The first kappa shape index (κ1) is 13.7. The van der Waals surface area contributed by atoms with Gasteiger partial charge in [0.1, 0.15) is 11.0 Å². The summed E-state index contributed by atoms with van der Waals surface area (Å²) in [6, 6.07) is 5.62. The molecule has 17 heavy (non-hydrogen) atoms. The Hall–Kier alpha value is -1.40. The maximum absolute atomic E-state index is 11.8. The fourth-order valence-electron chi connectivity index (χ4n) is 0.983. The minimum Gasteiger partial charge on any atom is -0.375 e. The van der Waals surface area contributed by atoms with Gasteiger partial charge in [-0.1, -0.05) is 11.6 Å². The Morgan fingerprint density at radius 3 is 2.71 bits per heavy atom. The molecular weight excluding hydrogens is 284 g/mol. The van der Waals surface area contributed by atoms with E-state index in [1.165, 1.54) is 12.1 Å². The molecule has 0 aliphatic heterocycles. The van der Waals surface area contributed by atoms with Crippen molar-refractivity contribution < 1.29 is 8.42 Å². The SMILES string of the molecule is N#Cc1ccc(Cl)cc1S(=O)(=O)NNC(N)=S. The van der Waals surface area contributed by atoms with Gasteiger partial charge in [-0.2, -0.15) is 5.26 Å². The Morgan fingerprint density at radius 1 is 1.53 bits per heavy atom. The summed E-state index contributed by atoms with van der Waals surface area (Å²) in [6.45, 7) is 0. The van der Waals surface area contributed by atoms with E-state index in [0.717, 1.165) is 6.07 Å². The smallest absolute Gasteiger partial charge is 0.258 e. The number of halogens is 1. The van der Waals surface area contributed by atoms with Crippen molar-refractivity contribution in [3.63, 3.8) is 0 Å². The second-order valence-electron chi connectivity index (χ2n) is 2.85. The van der Waals surface area contributed by atoms with E-state index in [0.29, 0.717) is 0 Å². The summed E-state index contributed by atoms with van der Waals surface area (Å²) in [5, 5.41) is 8.75. The quantitative estimate of drug-likeness (QED) is 0.543. The van der Waals surface area contributed by atoms with Crippen LogP contribution in [0, 0.1) is 11.3 Å². The van der Waals surface area contributed by atoms with Crippen LogP contribution in [0.4, 0.5) is 0 Å². The molecule has 0 bridgehead atoms. The molecule has 0 amide bonds. The van der Waals surface area contributed by atoms with Crippen molar-refractivity contribution in [2.45, 2.75) is 4.90 Å². The number of hydrogen-bond acceptors (Lipinski definition) is 4. The molecule has 1 rings (SSSR count). The van der Waals surface area contributed by atoms with Crippen molar-refractivity contribution in [3.8, 4) is 6.07 Å². The molecule has 0 aliphatic rings. The van der Waals surface area contributed by atoms with Gasteiger partial charge in [0.2, 0.25) is 0 Å². The topological polar surface area (TPSA) is 108 Å². The zero-order valence-corrected chi connectivity index (χ0v) is 10.7. The van der Waals surface area contributed by atoms with Gasteiger partial charge in [-0.05, 0) is 30.4 Å². The summed E-state index contributed by atoms with van der Waals surface area (Å²) in [4.78, 5) is 1.67. The largest absolute Gasteiger partial charge is 0.375 e. The van der Waals surface area contributed by atoms with Crippen LogP contribution < -0.4 is 16.0 Å². The molecule has 0 spiro atoms. The molecule has 0 atom stereocenters. The predicted molar refractivity (Wildman–Crippen MR) is 66.4 cm³/mol. The maximum atomic E-state index is 11.8. The second kappa shape index (κ2) is 5.29. The van der Waals surface area contributed by atoms with E-state index in [2.05, 4.69) is 17.6 Å². The summed E-state index contributed by atoms with van der Waals surface area (Å²) in [6.07, 6.45) is 0. The Balaban J connectivity index is 3.19. The summed E-state index contributed by atoms with van der Waals surface area (Å²) >= 11 is 10.1. The second-order valence-corrected chi connectivity index (χ2v) is 5.37. The van der Waals surface area contributed by atoms with Crippen LogP contribution in [0.5, 0.6) is 0 Å². The van der Waals surface area contributed by atoms with Crippen molar-refractivity contribution in [1.82, 2.24) is 10.3 Å². The number of nitrogens with zero attached hydrogens (tertiary/aromatic N) is 1. The minimum absolute atomic E-state index is 0.0355. The van der Waals surface area contributed by atoms with Gasteiger partial charge < -0.3 is 5.73 Å². The van der Waals surface area contributed by atoms with E-state index in [1.54, 1.807) is 6.07 Å². The van der Waals surface area contributed by atoms with E-state index >= 15 is 0 Å². The number of nitrogens with two attached hydrogens (primary N) is 1. The van der Waals surface area contributed by atoms with Gasteiger partial charge in [0.15, 0.2) is 5.11 Å². The van der Waals surface area contributed by atoms with Gasteiger partial charge >= 0.3 is 0 Å². The lowest BCUT2D eigenvalue weighted by Crippen LogP contribution is -2.44. The summed E-state index contributed by atoms with van der Waals surface area (Å²) < 4.78 is 23.5. The molecule has 1 aromatic carbocycles. The average Bonchev–Trinajstić information content (AvgIpc) is 2.26. The molecule has 0 aliphatic carbocycles. The van der Waals surface area contributed by atoms with Crippen molar-refractivity contribution in [2.24, 2.45) is 5.73 Å². The number of hydrogen-bond donors (Lipinski definition) is 3. The molecule has 6 nitrogen and oxygen atoms in total. The Morgan fingerprint density at radius 2 is 2.18 bits per heavy atom. The van der Waals surface area contributed by atoms with E-state index < -0.39 is 10.0 Å². The lowest BCUT2D eigenvalue weighted by molar-refractivity contribution is 0.577. The standard InChI is InChI=1S/C8H7ClN4O2S2/c9-6-2-1-5(4-10)7(3-6)17(14,15)13-12-8(11)16/h1-3,13H,(H3,11,12,16). The number of sulfonamides is 1. The zero-order valence-electron chi connectivity index (χ0n) is 8.27. The van der Waals surface area contributed by atoms with Crippen LogP contribution in [-0.2, 0) is 10.0 Å². The number of thiocarbonyl (C=S) groups is 1. The van der Waals surface area contributed by atoms with Gasteiger partial charge in [0.05, 0.1) is 5.56 Å². The van der Waals surface area contributed by atoms with Crippen molar-refractivity contribution >= 4 is 39.0 Å². The molecular formula is C8H7ClN4O2S2. The number of nitrogens with one attached hydrogen (secondary N) is 2. The van der Waals surface area contributed by atoms with Crippen molar-refractivity contribution in [3.05, 3.63) is 28.8 Å². The van der Waals surface area contributed by atoms with Crippen LogP contribution in [0.15, 0.2) is 23.1 Å². The van der Waals surface area contributed by atoms with E-state index in [9.17, 15) is 8.42 Å². The lowest BCUT2D eigenvalue weighted by Gasteiger charge is -2.09. The van der Waals surface area contributed by atoms with E-state index in [4.69, 9.17) is 22.6 Å². The van der Waals surface area contributed by atoms with Crippen LogP contribution in [0.1, 0.15) is 5.56 Å². The monoisotopic (exact) mass is 290 g/mol. The molecule has 4 N–H and O–H groups in total. The first-order valence-electron chi connectivity index (χ1n) is 4.14. The molecule has 0 saturated heterocycles. The Kier molecular flexibility index (Phi) is 4.25. The summed E-state index contributed by atoms with van der Waals surface area (Å²) in [7, 11) is -3.96. The lowest BCUT2D eigenvalue weighted by atomic mass is 10.2. The molecule has 0 aromatic heterocycles. The minimum atomic E-state index is -3.96. The number of benzene rings is 1. The average molecular weight is 291 g/mol.